The van der Waals surface area contributed by atoms with E-state index in [1.165, 1.54) is 0 Å². The van der Waals surface area contributed by atoms with Crippen molar-refractivity contribution in [2.24, 2.45) is 0 Å². The van der Waals surface area contributed by atoms with Crippen molar-refractivity contribution in [2.45, 2.75) is 32.8 Å². The fourth-order valence-corrected chi connectivity index (χ4v) is 2.17. The van der Waals surface area contributed by atoms with E-state index in [1.54, 1.807) is 0 Å². The summed E-state index contributed by atoms with van der Waals surface area (Å²) in [6, 6.07) is 13.2. The van der Waals surface area contributed by atoms with Crippen molar-refractivity contribution in [1.29, 1.82) is 0 Å². The summed E-state index contributed by atoms with van der Waals surface area (Å²) in [5, 5.41) is 7.49. The van der Waals surface area contributed by atoms with Gasteiger partial charge >= 0.3 is 12.0 Å². The molecule has 0 saturated carbocycles. The van der Waals surface area contributed by atoms with Gasteiger partial charge in [-0.15, -0.1) is 0 Å². The second-order valence-electron chi connectivity index (χ2n) is 6.24. The zero-order valence-corrected chi connectivity index (χ0v) is 13.7. The Morgan fingerprint density at radius 2 is 1.74 bits per heavy atom. The van der Waals surface area contributed by atoms with Crippen LogP contribution in [0.1, 0.15) is 27.2 Å². The smallest absolute Gasteiger partial charge is 0.319 e. The highest BCUT2D eigenvalue weighted by molar-refractivity contribution is 6.01. The molecule has 0 fully saturated rings. The molecule has 0 aromatic heterocycles. The number of rotatable bonds is 4. The summed E-state index contributed by atoms with van der Waals surface area (Å²) in [4.78, 5) is 23.5. The van der Waals surface area contributed by atoms with E-state index in [-0.39, 0.29) is 25.0 Å². The second kappa shape index (κ2) is 7.13. The lowest BCUT2D eigenvalue weighted by molar-refractivity contribution is -0.154. The van der Waals surface area contributed by atoms with Crippen LogP contribution in [0.25, 0.3) is 10.8 Å². The van der Waals surface area contributed by atoms with Crippen molar-refractivity contribution in [1.82, 2.24) is 5.32 Å². The number of ether oxygens (including phenoxy) is 1. The van der Waals surface area contributed by atoms with Crippen LogP contribution in [0, 0.1) is 0 Å². The maximum atomic E-state index is 11.9. The van der Waals surface area contributed by atoms with E-state index in [9.17, 15) is 9.59 Å². The molecule has 0 spiro atoms. The van der Waals surface area contributed by atoms with Crippen molar-refractivity contribution in [3.63, 3.8) is 0 Å². The average Bonchev–Trinajstić information content (AvgIpc) is 2.45. The highest BCUT2D eigenvalue weighted by Gasteiger charge is 2.16. The molecule has 0 atom stereocenters. The molecule has 0 unspecified atom stereocenters. The summed E-state index contributed by atoms with van der Waals surface area (Å²) in [5.74, 6) is -0.331. The Hall–Kier alpha value is -2.56. The molecule has 2 aromatic rings. The number of fused-ring (bicyclic) bond motifs is 1. The minimum atomic E-state index is -0.512. The van der Waals surface area contributed by atoms with Crippen LogP contribution in [0.15, 0.2) is 42.5 Å². The standard InChI is InChI=1S/C18H22N2O3/c1-18(2,3)23-16(21)11-12-19-17(22)20-15-10-6-8-13-7-4-5-9-14(13)15/h4-10H,11-12H2,1-3H3,(H2,19,20,22). The molecule has 122 valence electrons. The zero-order valence-electron chi connectivity index (χ0n) is 13.7. The van der Waals surface area contributed by atoms with Gasteiger partial charge in [-0.1, -0.05) is 36.4 Å². The highest BCUT2D eigenvalue weighted by atomic mass is 16.6. The second-order valence-corrected chi connectivity index (χ2v) is 6.24. The van der Waals surface area contributed by atoms with Crippen molar-refractivity contribution in [3.05, 3.63) is 42.5 Å². The van der Waals surface area contributed by atoms with Gasteiger partial charge in [0.15, 0.2) is 0 Å². The summed E-state index contributed by atoms with van der Waals surface area (Å²) < 4.78 is 5.18. The van der Waals surface area contributed by atoms with Gasteiger partial charge in [-0.05, 0) is 32.2 Å². The zero-order chi connectivity index (χ0) is 16.9. The lowest BCUT2D eigenvalue weighted by Crippen LogP contribution is -2.32. The minimum absolute atomic E-state index is 0.139. The summed E-state index contributed by atoms with van der Waals surface area (Å²) >= 11 is 0. The average molecular weight is 314 g/mol. The number of amides is 2. The number of benzene rings is 2. The number of hydrogen-bond donors (Lipinski definition) is 2. The third kappa shape index (κ3) is 5.29. The van der Waals surface area contributed by atoms with E-state index in [4.69, 9.17) is 4.74 Å². The predicted molar refractivity (Wildman–Crippen MR) is 91.4 cm³/mol. The molecule has 0 aliphatic heterocycles. The molecule has 0 aliphatic carbocycles. The van der Waals surface area contributed by atoms with Crippen LogP contribution in [0.4, 0.5) is 10.5 Å². The Morgan fingerprint density at radius 1 is 1.04 bits per heavy atom. The fourth-order valence-electron chi connectivity index (χ4n) is 2.17. The molecular weight excluding hydrogens is 292 g/mol. The molecule has 2 aromatic carbocycles. The molecule has 2 amide bonds. The largest absolute Gasteiger partial charge is 0.460 e. The Balaban J connectivity index is 1.86. The van der Waals surface area contributed by atoms with Gasteiger partial charge < -0.3 is 15.4 Å². The van der Waals surface area contributed by atoms with Crippen molar-refractivity contribution in [2.75, 3.05) is 11.9 Å². The van der Waals surface area contributed by atoms with Gasteiger partial charge in [0.25, 0.3) is 0 Å². The van der Waals surface area contributed by atoms with Gasteiger partial charge in [-0.3, -0.25) is 4.79 Å². The van der Waals surface area contributed by atoms with Gasteiger partial charge in [-0.2, -0.15) is 0 Å². The van der Waals surface area contributed by atoms with E-state index in [0.29, 0.717) is 0 Å². The Kier molecular flexibility index (Phi) is 5.21. The lowest BCUT2D eigenvalue weighted by atomic mass is 10.1. The number of anilines is 1. The molecule has 5 nitrogen and oxygen atoms in total. The van der Waals surface area contributed by atoms with E-state index >= 15 is 0 Å². The molecule has 0 heterocycles. The molecule has 0 aliphatic rings. The van der Waals surface area contributed by atoms with Crippen LogP contribution in [0.5, 0.6) is 0 Å². The first-order chi connectivity index (χ1) is 10.8. The van der Waals surface area contributed by atoms with Gasteiger partial charge in [0.2, 0.25) is 0 Å². The summed E-state index contributed by atoms with van der Waals surface area (Å²) in [6.45, 7) is 5.66. The summed E-state index contributed by atoms with van der Waals surface area (Å²) in [7, 11) is 0. The highest BCUT2D eigenvalue weighted by Crippen LogP contribution is 2.22. The SMILES string of the molecule is CC(C)(C)OC(=O)CCNC(=O)Nc1cccc2ccccc12. The van der Waals surface area contributed by atoms with Gasteiger partial charge in [-0.25, -0.2) is 4.79 Å². The van der Waals surface area contributed by atoms with Crippen LogP contribution in [0.2, 0.25) is 0 Å². The number of nitrogens with one attached hydrogen (secondary N) is 2. The normalized spacial score (nSPS) is 11.1. The monoisotopic (exact) mass is 314 g/mol. The minimum Gasteiger partial charge on any atom is -0.460 e. The number of esters is 1. The van der Waals surface area contributed by atoms with Gasteiger partial charge in [0, 0.05) is 11.9 Å². The molecule has 0 bridgehead atoms. The Bertz CT molecular complexity index is 699. The first kappa shape index (κ1) is 16.8. The molecule has 2 N–H and O–H groups in total. The predicted octanol–water partition coefficient (Wildman–Crippen LogP) is 3.69. The van der Waals surface area contributed by atoms with Gasteiger partial charge in [0.05, 0.1) is 12.1 Å². The maximum Gasteiger partial charge on any atom is 0.319 e. The van der Waals surface area contributed by atoms with Gasteiger partial charge in [0.1, 0.15) is 5.60 Å². The fraction of sp³-hybridized carbons (Fsp3) is 0.333. The molecular formula is C18H22N2O3. The van der Waals surface area contributed by atoms with E-state index in [1.807, 2.05) is 63.2 Å². The number of urea groups is 1. The van der Waals surface area contributed by atoms with Crippen molar-refractivity contribution in [3.8, 4) is 0 Å². The van der Waals surface area contributed by atoms with E-state index in [0.717, 1.165) is 16.5 Å². The van der Waals surface area contributed by atoms with Crippen LogP contribution in [-0.4, -0.2) is 24.1 Å². The van der Waals surface area contributed by atoms with E-state index < -0.39 is 5.60 Å². The topological polar surface area (TPSA) is 67.4 Å². The Labute approximate surface area is 136 Å². The molecule has 23 heavy (non-hydrogen) atoms. The maximum absolute atomic E-state index is 11.9. The van der Waals surface area contributed by atoms with Crippen molar-refractivity contribution >= 4 is 28.5 Å². The first-order valence-corrected chi connectivity index (χ1v) is 7.59. The third-order valence-corrected chi connectivity index (χ3v) is 3.07. The molecule has 0 radical (unpaired) electrons. The first-order valence-electron chi connectivity index (χ1n) is 7.59. The summed E-state index contributed by atoms with van der Waals surface area (Å²) in [5.41, 5.74) is 0.223. The molecule has 2 rings (SSSR count). The molecule has 5 heteroatoms. The van der Waals surface area contributed by atoms with Crippen LogP contribution in [-0.2, 0) is 9.53 Å². The van der Waals surface area contributed by atoms with E-state index in [2.05, 4.69) is 10.6 Å². The third-order valence-electron chi connectivity index (χ3n) is 3.07. The number of hydrogen-bond acceptors (Lipinski definition) is 3. The molecule has 0 saturated heterocycles. The number of carbonyl (C=O) groups excluding carboxylic acids is 2. The van der Waals surface area contributed by atoms with Crippen molar-refractivity contribution < 1.29 is 14.3 Å². The Morgan fingerprint density at radius 3 is 2.48 bits per heavy atom. The quantitative estimate of drug-likeness (QED) is 0.846. The summed E-state index contributed by atoms with van der Waals surface area (Å²) in [6.07, 6.45) is 0.139. The van der Waals surface area contributed by atoms with Crippen LogP contribution < -0.4 is 10.6 Å². The van der Waals surface area contributed by atoms with Crippen LogP contribution >= 0.6 is 0 Å². The lowest BCUT2D eigenvalue weighted by Gasteiger charge is -2.19. The number of carbonyl (C=O) groups is 2. The van der Waals surface area contributed by atoms with Crippen LogP contribution in [0.3, 0.4) is 0 Å².